The molecule has 2 aromatic carbocycles. The van der Waals surface area contributed by atoms with Crippen LogP contribution in [0.1, 0.15) is 68.2 Å². The second kappa shape index (κ2) is 10.8. The Bertz CT molecular complexity index is 836. The maximum absolute atomic E-state index is 14.2. The first kappa shape index (κ1) is 21.8. The highest BCUT2D eigenvalue weighted by Gasteiger charge is 2.22. The lowest BCUT2D eigenvalue weighted by molar-refractivity contribution is 0.0458. The topological polar surface area (TPSA) is 0 Å². The number of benzene rings is 2. The van der Waals surface area contributed by atoms with E-state index >= 15 is 0 Å². The lowest BCUT2D eigenvalue weighted by Gasteiger charge is -2.09. The van der Waals surface area contributed by atoms with E-state index in [1.165, 1.54) is 43.0 Å². The molecule has 3 heteroatoms. The number of hydrogen-bond acceptors (Lipinski definition) is 0. The van der Waals surface area contributed by atoms with E-state index in [4.69, 9.17) is 0 Å². The van der Waals surface area contributed by atoms with Crippen LogP contribution >= 0.6 is 0 Å². The third-order valence-corrected chi connectivity index (χ3v) is 4.46. The van der Waals surface area contributed by atoms with E-state index < -0.39 is 11.7 Å². The smallest absolute Gasteiger partial charge is 0.206 e. The Labute approximate surface area is 166 Å². The summed E-state index contributed by atoms with van der Waals surface area (Å²) in [6.45, 7) is 3.89. The van der Waals surface area contributed by atoms with Gasteiger partial charge in [-0.15, -0.1) is 0 Å². The third-order valence-electron chi connectivity index (χ3n) is 4.46. The van der Waals surface area contributed by atoms with Gasteiger partial charge in [0, 0.05) is 12.0 Å². The lowest BCUT2D eigenvalue weighted by Crippen LogP contribution is -2.10. The molecule has 0 atom stereocenters. The zero-order valence-corrected chi connectivity index (χ0v) is 16.6. The second-order valence-electron chi connectivity index (χ2n) is 6.99. The highest BCUT2D eigenvalue weighted by atomic mass is 19.3. The summed E-state index contributed by atoms with van der Waals surface area (Å²) in [5.41, 5.74) is 2.75. The van der Waals surface area contributed by atoms with Crippen LogP contribution in [0, 0.1) is 17.7 Å². The van der Waals surface area contributed by atoms with Crippen LogP contribution in [0.25, 0.3) is 6.08 Å². The molecule has 148 valence electrons. The number of hydrogen-bond donors (Lipinski definition) is 0. The van der Waals surface area contributed by atoms with Gasteiger partial charge in [-0.25, -0.2) is 13.2 Å². The highest BCUT2D eigenvalue weighted by Crippen LogP contribution is 2.23. The van der Waals surface area contributed by atoms with Gasteiger partial charge in [0.05, 0.1) is 5.56 Å². The number of allylic oxidation sites excluding steroid dienone is 1. The van der Waals surface area contributed by atoms with Crippen molar-refractivity contribution in [1.29, 1.82) is 0 Å². The molecule has 2 aromatic rings. The minimum Gasteiger partial charge on any atom is -0.206 e. The predicted molar refractivity (Wildman–Crippen MR) is 111 cm³/mol. The summed E-state index contributed by atoms with van der Waals surface area (Å²) in [6.07, 6.45) is 6.92. The molecule has 0 radical (unpaired) electrons. The molecule has 0 heterocycles. The Morgan fingerprint density at radius 3 is 2.32 bits per heavy atom. The molecular weight excluding hydrogens is 357 g/mol. The van der Waals surface area contributed by atoms with Gasteiger partial charge in [-0.3, -0.25) is 0 Å². The Balaban J connectivity index is 2.05. The molecule has 0 bridgehead atoms. The molecule has 0 saturated heterocycles. The summed E-state index contributed by atoms with van der Waals surface area (Å²) in [5, 5.41) is 0. The van der Waals surface area contributed by atoms with E-state index in [1.807, 2.05) is 12.1 Å². The number of unbranched alkanes of at least 4 members (excludes halogenated alkanes) is 2. The summed E-state index contributed by atoms with van der Waals surface area (Å²) in [6, 6.07) is 12.4. The van der Waals surface area contributed by atoms with E-state index in [0.29, 0.717) is 12.0 Å². The Hall–Kier alpha value is -2.47. The Morgan fingerprint density at radius 2 is 1.68 bits per heavy atom. The summed E-state index contributed by atoms with van der Waals surface area (Å²) in [7, 11) is 0. The van der Waals surface area contributed by atoms with Crippen LogP contribution in [0.3, 0.4) is 0 Å². The van der Waals surface area contributed by atoms with Gasteiger partial charge in [-0.1, -0.05) is 69.2 Å². The molecule has 0 aliphatic heterocycles. The van der Waals surface area contributed by atoms with Crippen LogP contribution in [0.2, 0.25) is 0 Å². The molecule has 0 spiro atoms. The van der Waals surface area contributed by atoms with Crippen LogP contribution in [-0.2, 0) is 6.42 Å². The van der Waals surface area contributed by atoms with Gasteiger partial charge in [0.1, 0.15) is 5.82 Å². The molecule has 28 heavy (non-hydrogen) atoms. The van der Waals surface area contributed by atoms with Crippen LogP contribution in [0.5, 0.6) is 0 Å². The van der Waals surface area contributed by atoms with Crippen molar-refractivity contribution in [3.63, 3.8) is 0 Å². The fraction of sp³-hybridized carbons (Fsp3) is 0.360. The van der Waals surface area contributed by atoms with Crippen molar-refractivity contribution in [3.8, 4) is 11.8 Å². The fourth-order valence-corrected chi connectivity index (χ4v) is 2.84. The first-order chi connectivity index (χ1) is 13.4. The molecule has 0 unspecified atom stereocenters. The zero-order valence-electron chi connectivity index (χ0n) is 16.6. The van der Waals surface area contributed by atoms with Gasteiger partial charge < -0.3 is 0 Å². The van der Waals surface area contributed by atoms with E-state index in [1.54, 1.807) is 13.0 Å². The quantitative estimate of drug-likeness (QED) is 0.328. The summed E-state index contributed by atoms with van der Waals surface area (Å²) < 4.78 is 41.3. The number of rotatable bonds is 8. The average molecular weight is 384 g/mol. The summed E-state index contributed by atoms with van der Waals surface area (Å²) in [5.74, 6) is 2.41. The van der Waals surface area contributed by atoms with Gasteiger partial charge >= 0.3 is 0 Å². The third kappa shape index (κ3) is 7.27. The first-order valence-electron chi connectivity index (χ1n) is 9.91. The molecule has 0 fully saturated rings. The Morgan fingerprint density at radius 1 is 0.929 bits per heavy atom. The predicted octanol–water partition coefficient (Wildman–Crippen LogP) is 7.41. The first-order valence-corrected chi connectivity index (χ1v) is 9.91. The van der Waals surface area contributed by atoms with Gasteiger partial charge in [0.25, 0.3) is 5.92 Å². The van der Waals surface area contributed by atoms with Crippen LogP contribution in [-0.4, -0.2) is 5.92 Å². The van der Waals surface area contributed by atoms with Crippen molar-refractivity contribution < 1.29 is 13.2 Å². The maximum atomic E-state index is 14.2. The van der Waals surface area contributed by atoms with Crippen molar-refractivity contribution in [2.75, 3.05) is 0 Å². The van der Waals surface area contributed by atoms with E-state index in [0.717, 1.165) is 18.1 Å². The molecule has 0 amide bonds. The number of aryl methyl sites for hydroxylation is 1. The molecule has 0 aliphatic rings. The molecule has 0 aromatic heterocycles. The normalized spacial score (nSPS) is 11.5. The summed E-state index contributed by atoms with van der Waals surface area (Å²) in [4.78, 5) is 0. The molecule has 0 saturated carbocycles. The SMILES string of the molecule is CCCCCc1ccc(C#Cc2ccc(/C=C/C(F)(F)CCC)cc2F)cc1. The molecular formula is C25H27F3. The minimum absolute atomic E-state index is 0.215. The van der Waals surface area contributed by atoms with Gasteiger partial charge in [-0.05, 0) is 54.3 Å². The van der Waals surface area contributed by atoms with Crippen molar-refractivity contribution in [3.05, 3.63) is 76.6 Å². The molecule has 0 aliphatic carbocycles. The zero-order chi connectivity index (χ0) is 20.4. The largest absolute Gasteiger partial charge is 0.266 e. The van der Waals surface area contributed by atoms with E-state index in [9.17, 15) is 13.2 Å². The van der Waals surface area contributed by atoms with Crippen molar-refractivity contribution in [2.45, 2.75) is 58.3 Å². The van der Waals surface area contributed by atoms with Crippen molar-refractivity contribution in [2.24, 2.45) is 0 Å². The highest BCUT2D eigenvalue weighted by molar-refractivity contribution is 5.53. The van der Waals surface area contributed by atoms with Crippen LogP contribution in [0.15, 0.2) is 48.5 Å². The molecule has 0 nitrogen and oxygen atoms in total. The summed E-state index contributed by atoms with van der Waals surface area (Å²) >= 11 is 0. The van der Waals surface area contributed by atoms with E-state index in [2.05, 4.69) is 30.9 Å². The van der Waals surface area contributed by atoms with E-state index in [-0.39, 0.29) is 12.0 Å². The van der Waals surface area contributed by atoms with Crippen LogP contribution < -0.4 is 0 Å². The Kier molecular flexibility index (Phi) is 8.39. The monoisotopic (exact) mass is 384 g/mol. The fourth-order valence-electron chi connectivity index (χ4n) is 2.84. The van der Waals surface area contributed by atoms with Crippen molar-refractivity contribution in [1.82, 2.24) is 0 Å². The second-order valence-corrected chi connectivity index (χ2v) is 6.99. The van der Waals surface area contributed by atoms with Crippen molar-refractivity contribution >= 4 is 6.08 Å². The maximum Gasteiger partial charge on any atom is 0.266 e. The van der Waals surface area contributed by atoms with Gasteiger partial charge in [0.2, 0.25) is 0 Å². The van der Waals surface area contributed by atoms with Gasteiger partial charge in [-0.2, -0.15) is 0 Å². The van der Waals surface area contributed by atoms with Gasteiger partial charge in [0.15, 0.2) is 0 Å². The number of halogens is 3. The standard InChI is InChI=1S/C25H27F3/c1-3-5-6-7-20-8-10-21(11-9-20)12-14-23-15-13-22(19-24(23)26)16-18-25(27,28)17-4-2/h8-11,13,15-16,18-19H,3-7,17H2,1-2H3/b18-16+. The molecule has 2 rings (SSSR count). The van der Waals surface area contributed by atoms with Crippen LogP contribution in [0.4, 0.5) is 13.2 Å². The lowest BCUT2D eigenvalue weighted by atomic mass is 10.0. The molecule has 0 N–H and O–H groups in total. The number of alkyl halides is 2. The average Bonchev–Trinajstić information content (AvgIpc) is 2.67. The minimum atomic E-state index is -2.87.